The fourth-order valence-corrected chi connectivity index (χ4v) is 2.96. The number of amides is 2. The van der Waals surface area contributed by atoms with Crippen molar-refractivity contribution in [1.82, 2.24) is 25.8 Å². The van der Waals surface area contributed by atoms with Gasteiger partial charge in [-0.3, -0.25) is 9.89 Å². The van der Waals surface area contributed by atoms with Gasteiger partial charge in [0.05, 0.1) is 20.3 Å². The number of hydrogen-bond acceptors (Lipinski definition) is 8. The maximum atomic E-state index is 12.7. The zero-order valence-corrected chi connectivity index (χ0v) is 17.2. The highest BCUT2D eigenvalue weighted by atomic mass is 16.5. The molecule has 2 aromatic heterocycles. The van der Waals surface area contributed by atoms with Crippen LogP contribution in [0.2, 0.25) is 0 Å². The molecule has 162 valence electrons. The van der Waals surface area contributed by atoms with Crippen molar-refractivity contribution < 1.29 is 19.1 Å². The van der Waals surface area contributed by atoms with Gasteiger partial charge in [0.25, 0.3) is 5.91 Å². The van der Waals surface area contributed by atoms with Gasteiger partial charge in [-0.15, -0.1) is 0 Å². The number of aromatic amines is 1. The molecule has 0 aromatic carbocycles. The highest BCUT2D eigenvalue weighted by Gasteiger charge is 2.17. The number of H-pyrrole nitrogens is 1. The van der Waals surface area contributed by atoms with Crippen LogP contribution in [0.25, 0.3) is 0 Å². The lowest BCUT2D eigenvalue weighted by atomic mass is 10.2. The Morgan fingerprint density at radius 2 is 1.93 bits per heavy atom. The lowest BCUT2D eigenvalue weighted by Crippen LogP contribution is -2.36. The van der Waals surface area contributed by atoms with Crippen LogP contribution in [0.4, 0.5) is 22.1 Å². The summed E-state index contributed by atoms with van der Waals surface area (Å²) < 4.78 is 9.93. The fourth-order valence-electron chi connectivity index (χ4n) is 2.96. The number of carbonyl (C=O) groups is 2. The van der Waals surface area contributed by atoms with Crippen molar-refractivity contribution in [3.05, 3.63) is 29.6 Å². The molecule has 30 heavy (non-hydrogen) atoms. The summed E-state index contributed by atoms with van der Waals surface area (Å²) in [6.45, 7) is 5.46. The van der Waals surface area contributed by atoms with E-state index in [0.717, 1.165) is 24.5 Å². The molecule has 1 saturated heterocycles. The molecule has 0 aliphatic carbocycles. The Labute approximate surface area is 174 Å². The van der Waals surface area contributed by atoms with Crippen molar-refractivity contribution in [2.24, 2.45) is 0 Å². The summed E-state index contributed by atoms with van der Waals surface area (Å²) in [7, 11) is 1.31. The smallest absolute Gasteiger partial charge is 0.406 e. The monoisotopic (exact) mass is 417 g/mol. The largest absolute Gasteiger partial charge is 0.453 e. The molecule has 1 aliphatic rings. The average Bonchev–Trinajstić information content (AvgIpc) is 3.17. The first-order chi connectivity index (χ1) is 14.5. The van der Waals surface area contributed by atoms with E-state index in [1.807, 2.05) is 19.1 Å². The van der Waals surface area contributed by atoms with Crippen molar-refractivity contribution in [2.75, 3.05) is 56.7 Å². The van der Waals surface area contributed by atoms with E-state index in [-0.39, 0.29) is 5.91 Å². The van der Waals surface area contributed by atoms with Crippen LogP contribution < -0.4 is 20.9 Å². The van der Waals surface area contributed by atoms with E-state index in [9.17, 15) is 9.59 Å². The summed E-state index contributed by atoms with van der Waals surface area (Å²) in [6.07, 6.45) is 0.0762. The number of pyridine rings is 1. The third kappa shape index (κ3) is 6.08. The van der Waals surface area contributed by atoms with Crippen molar-refractivity contribution in [2.45, 2.75) is 13.3 Å². The standard InChI is InChI=1S/C19H27N7O4/c1-13-10-17(25-24-13)23-16-12-14(26-6-8-30-9-7-26)11-15(22-16)18(27)20-4-3-5-21-19(28)29-2/h10-12H,3-9H2,1-2H3,(H,20,27)(H,21,28)(H2,22,23,24,25). The Hall–Kier alpha value is -3.34. The van der Waals surface area contributed by atoms with Gasteiger partial charge in [0.2, 0.25) is 0 Å². The van der Waals surface area contributed by atoms with Gasteiger partial charge < -0.3 is 30.3 Å². The van der Waals surface area contributed by atoms with E-state index in [2.05, 4.69) is 40.8 Å². The number of hydrogen-bond donors (Lipinski definition) is 4. The zero-order chi connectivity index (χ0) is 21.3. The second-order valence-electron chi connectivity index (χ2n) is 6.78. The van der Waals surface area contributed by atoms with E-state index in [1.165, 1.54) is 7.11 Å². The van der Waals surface area contributed by atoms with E-state index in [4.69, 9.17) is 4.74 Å². The molecular weight excluding hydrogens is 390 g/mol. The Kier molecular flexibility index (Phi) is 7.44. The molecule has 0 atom stereocenters. The minimum atomic E-state index is -0.495. The molecule has 3 rings (SSSR count). The third-order valence-corrected chi connectivity index (χ3v) is 4.47. The number of nitrogens with one attached hydrogen (secondary N) is 4. The molecule has 11 heteroatoms. The van der Waals surface area contributed by atoms with Crippen molar-refractivity contribution in [3.8, 4) is 0 Å². The minimum absolute atomic E-state index is 0.288. The first-order valence-electron chi connectivity index (χ1n) is 9.79. The molecule has 1 aliphatic heterocycles. The van der Waals surface area contributed by atoms with E-state index in [1.54, 1.807) is 6.07 Å². The number of nitrogens with zero attached hydrogens (tertiary/aromatic N) is 3. The molecule has 0 saturated carbocycles. The fraction of sp³-hybridized carbons (Fsp3) is 0.474. The number of aromatic nitrogens is 3. The second-order valence-corrected chi connectivity index (χ2v) is 6.78. The number of carbonyl (C=O) groups excluding carboxylic acids is 2. The number of ether oxygens (including phenoxy) is 2. The average molecular weight is 417 g/mol. The summed E-state index contributed by atoms with van der Waals surface area (Å²) in [5.74, 6) is 0.867. The SMILES string of the molecule is COC(=O)NCCCNC(=O)c1cc(N2CCOCC2)cc(Nc2cc(C)[nH]n2)n1. The van der Waals surface area contributed by atoms with Gasteiger partial charge >= 0.3 is 6.09 Å². The van der Waals surface area contributed by atoms with Gasteiger partial charge in [-0.2, -0.15) is 5.10 Å². The molecule has 2 amide bonds. The number of rotatable bonds is 8. The first-order valence-corrected chi connectivity index (χ1v) is 9.79. The topological polar surface area (TPSA) is 134 Å². The van der Waals surface area contributed by atoms with Crippen LogP contribution in [0.3, 0.4) is 0 Å². The highest BCUT2D eigenvalue weighted by Crippen LogP contribution is 2.23. The number of anilines is 3. The molecule has 11 nitrogen and oxygen atoms in total. The quantitative estimate of drug-likeness (QED) is 0.471. The Morgan fingerprint density at radius 1 is 1.17 bits per heavy atom. The molecule has 4 N–H and O–H groups in total. The first kappa shape index (κ1) is 21.4. The molecule has 3 heterocycles. The maximum Gasteiger partial charge on any atom is 0.406 e. The minimum Gasteiger partial charge on any atom is -0.453 e. The Bertz CT molecular complexity index is 864. The zero-order valence-electron chi connectivity index (χ0n) is 17.2. The molecule has 0 radical (unpaired) electrons. The summed E-state index contributed by atoms with van der Waals surface area (Å²) >= 11 is 0. The van der Waals surface area contributed by atoms with E-state index < -0.39 is 6.09 Å². The van der Waals surface area contributed by atoms with Crippen molar-refractivity contribution in [1.29, 1.82) is 0 Å². The molecule has 0 spiro atoms. The van der Waals surface area contributed by atoms with Gasteiger partial charge in [-0.25, -0.2) is 9.78 Å². The molecule has 0 bridgehead atoms. The normalized spacial score (nSPS) is 13.6. The summed E-state index contributed by atoms with van der Waals surface area (Å²) in [5.41, 5.74) is 2.11. The van der Waals surface area contributed by atoms with Crippen molar-refractivity contribution >= 4 is 29.3 Å². The van der Waals surface area contributed by atoms with Crippen LogP contribution in [0.15, 0.2) is 18.2 Å². The second kappa shape index (κ2) is 10.4. The third-order valence-electron chi connectivity index (χ3n) is 4.47. The van der Waals surface area contributed by atoms with Gasteiger partial charge in [-0.05, 0) is 19.4 Å². The van der Waals surface area contributed by atoms with Gasteiger partial charge in [0, 0.05) is 49.7 Å². The summed E-state index contributed by atoms with van der Waals surface area (Å²) in [5, 5.41) is 15.6. The van der Waals surface area contributed by atoms with Crippen LogP contribution in [0.1, 0.15) is 22.6 Å². The van der Waals surface area contributed by atoms with Crippen LogP contribution >= 0.6 is 0 Å². The van der Waals surface area contributed by atoms with Crippen LogP contribution in [0, 0.1) is 6.92 Å². The van der Waals surface area contributed by atoms with Crippen LogP contribution in [0.5, 0.6) is 0 Å². The van der Waals surface area contributed by atoms with E-state index >= 15 is 0 Å². The maximum absolute atomic E-state index is 12.7. The van der Waals surface area contributed by atoms with Crippen LogP contribution in [-0.4, -0.2) is 73.7 Å². The lowest BCUT2D eigenvalue weighted by molar-refractivity contribution is 0.0948. The lowest BCUT2D eigenvalue weighted by Gasteiger charge is -2.29. The molecule has 2 aromatic rings. The Balaban J connectivity index is 1.68. The number of aryl methyl sites for hydroxylation is 1. The predicted molar refractivity (Wildman–Crippen MR) is 111 cm³/mol. The van der Waals surface area contributed by atoms with Crippen LogP contribution in [-0.2, 0) is 9.47 Å². The molecular formula is C19H27N7O4. The summed E-state index contributed by atoms with van der Waals surface area (Å²) in [4.78, 5) is 30.3. The van der Waals surface area contributed by atoms with Gasteiger partial charge in [0.1, 0.15) is 11.5 Å². The van der Waals surface area contributed by atoms with Gasteiger partial charge in [-0.1, -0.05) is 0 Å². The highest BCUT2D eigenvalue weighted by molar-refractivity contribution is 5.94. The summed E-state index contributed by atoms with van der Waals surface area (Å²) in [6, 6.07) is 5.53. The van der Waals surface area contributed by atoms with Crippen molar-refractivity contribution in [3.63, 3.8) is 0 Å². The Morgan fingerprint density at radius 3 is 2.63 bits per heavy atom. The van der Waals surface area contributed by atoms with E-state index in [0.29, 0.717) is 50.1 Å². The van der Waals surface area contributed by atoms with Gasteiger partial charge in [0.15, 0.2) is 5.82 Å². The number of methoxy groups -OCH3 is 1. The molecule has 0 unspecified atom stereocenters. The number of morpholine rings is 1. The number of alkyl carbamates (subject to hydrolysis) is 1. The predicted octanol–water partition coefficient (Wildman–Crippen LogP) is 1.17. The molecule has 1 fully saturated rings.